The Balaban J connectivity index is 1.81. The Bertz CT molecular complexity index is 473. The number of aromatic amines is 1. The van der Waals surface area contributed by atoms with E-state index in [1.165, 1.54) is 0 Å². The minimum atomic E-state index is -2.31. The van der Waals surface area contributed by atoms with Crippen LogP contribution in [0.15, 0.2) is 6.20 Å². The van der Waals surface area contributed by atoms with Crippen LogP contribution in [0.4, 0.5) is 8.78 Å². The minimum Gasteiger partial charge on any atom is -0.363 e. The molecule has 2 N–H and O–H groups in total. The van der Waals surface area contributed by atoms with Crippen LogP contribution in [-0.4, -0.2) is 59.8 Å². The number of H-pyrrole nitrogens is 1. The molecule has 118 valence electrons. The lowest BCUT2D eigenvalue weighted by Gasteiger charge is -2.48. The van der Waals surface area contributed by atoms with Crippen molar-refractivity contribution in [3.05, 3.63) is 17.5 Å². The number of ether oxygens (including phenoxy) is 1. The average Bonchev–Trinajstić information content (AvgIpc) is 2.84. The van der Waals surface area contributed by atoms with E-state index in [9.17, 15) is 8.78 Å². The monoisotopic (exact) mass is 300 g/mol. The van der Waals surface area contributed by atoms with Crippen molar-refractivity contribution >= 4 is 0 Å². The second-order valence-electron chi connectivity index (χ2n) is 6.09. The van der Waals surface area contributed by atoms with E-state index in [4.69, 9.17) is 4.74 Å². The lowest BCUT2D eigenvalue weighted by atomic mass is 9.89. The van der Waals surface area contributed by atoms with Gasteiger partial charge in [-0.3, -0.25) is 10.00 Å². The maximum atomic E-state index is 12.8. The summed E-state index contributed by atoms with van der Waals surface area (Å²) in [6.07, 6.45) is 0.940. The van der Waals surface area contributed by atoms with E-state index in [2.05, 4.69) is 15.5 Å². The summed E-state index contributed by atoms with van der Waals surface area (Å²) < 4.78 is 32.0. The van der Waals surface area contributed by atoms with Crippen LogP contribution in [0, 0.1) is 6.92 Å². The summed E-state index contributed by atoms with van der Waals surface area (Å²) >= 11 is 0. The highest BCUT2D eigenvalue weighted by Gasteiger charge is 2.43. The number of rotatable bonds is 3. The summed E-state index contributed by atoms with van der Waals surface area (Å²) in [7, 11) is 0. The van der Waals surface area contributed by atoms with E-state index < -0.39 is 6.43 Å². The number of aromatic nitrogens is 2. The van der Waals surface area contributed by atoms with E-state index in [-0.39, 0.29) is 18.2 Å². The zero-order valence-electron chi connectivity index (χ0n) is 12.2. The zero-order valence-corrected chi connectivity index (χ0v) is 12.2. The third kappa shape index (κ3) is 3.25. The van der Waals surface area contributed by atoms with Crippen molar-refractivity contribution < 1.29 is 13.5 Å². The summed E-state index contributed by atoms with van der Waals surface area (Å²) in [6.45, 7) is 4.59. The molecule has 3 rings (SSSR count). The molecule has 1 aromatic rings. The van der Waals surface area contributed by atoms with Gasteiger partial charge in [0.2, 0.25) is 0 Å². The molecule has 0 saturated carbocycles. The van der Waals surface area contributed by atoms with Gasteiger partial charge < -0.3 is 10.1 Å². The van der Waals surface area contributed by atoms with Crippen molar-refractivity contribution in [2.75, 3.05) is 32.7 Å². The average molecular weight is 300 g/mol. The summed E-state index contributed by atoms with van der Waals surface area (Å²) in [4.78, 5) is 1.84. The molecule has 1 aromatic heterocycles. The van der Waals surface area contributed by atoms with Gasteiger partial charge in [0.05, 0.1) is 24.0 Å². The first-order valence-corrected chi connectivity index (χ1v) is 7.47. The van der Waals surface area contributed by atoms with Gasteiger partial charge in [-0.2, -0.15) is 5.10 Å². The van der Waals surface area contributed by atoms with E-state index >= 15 is 0 Å². The molecule has 1 unspecified atom stereocenters. The van der Waals surface area contributed by atoms with Gasteiger partial charge in [0.25, 0.3) is 6.43 Å². The summed E-state index contributed by atoms with van der Waals surface area (Å²) in [5.41, 5.74) is 1.61. The van der Waals surface area contributed by atoms with Crippen LogP contribution in [0.25, 0.3) is 0 Å². The van der Waals surface area contributed by atoms with Gasteiger partial charge in [0, 0.05) is 13.1 Å². The van der Waals surface area contributed by atoms with Crippen molar-refractivity contribution in [3.63, 3.8) is 0 Å². The maximum absolute atomic E-state index is 12.8. The Morgan fingerprint density at radius 2 is 2.24 bits per heavy atom. The normalized spacial score (nSPS) is 26.6. The van der Waals surface area contributed by atoms with Crippen LogP contribution >= 0.6 is 0 Å². The van der Waals surface area contributed by atoms with Crippen LogP contribution in [0.1, 0.15) is 30.2 Å². The van der Waals surface area contributed by atoms with Crippen LogP contribution in [-0.2, 0) is 4.74 Å². The predicted octanol–water partition coefficient (Wildman–Crippen LogP) is 1.48. The number of morpholine rings is 1. The largest absolute Gasteiger partial charge is 0.363 e. The smallest absolute Gasteiger partial charge is 0.251 e. The molecule has 7 heteroatoms. The fourth-order valence-corrected chi connectivity index (χ4v) is 3.41. The molecule has 1 atom stereocenters. The number of piperidine rings is 1. The predicted molar refractivity (Wildman–Crippen MR) is 74.4 cm³/mol. The molecule has 0 amide bonds. The molecule has 2 saturated heterocycles. The standard InChI is InChI=1S/C14H22F2N4O/c1-10-6-18-19-13(10)11-7-20(8-12(15)16)9-14(21-11)2-4-17-5-3-14/h6,11-12,17H,2-5,7-9H2,1H3,(H,18,19). The molecular formula is C14H22F2N4O. The van der Waals surface area contributed by atoms with E-state index in [0.29, 0.717) is 13.1 Å². The Morgan fingerprint density at radius 3 is 2.86 bits per heavy atom. The topological polar surface area (TPSA) is 53.2 Å². The molecular weight excluding hydrogens is 278 g/mol. The Labute approximate surface area is 123 Å². The van der Waals surface area contributed by atoms with Gasteiger partial charge >= 0.3 is 0 Å². The van der Waals surface area contributed by atoms with Crippen LogP contribution < -0.4 is 5.32 Å². The summed E-state index contributed by atoms with van der Waals surface area (Å²) in [5.74, 6) is 0. The minimum absolute atomic E-state index is 0.192. The third-order valence-electron chi connectivity index (χ3n) is 4.43. The number of aryl methyl sites for hydroxylation is 1. The van der Waals surface area contributed by atoms with Crippen LogP contribution in [0.2, 0.25) is 0 Å². The fourth-order valence-electron chi connectivity index (χ4n) is 3.41. The molecule has 2 aliphatic rings. The van der Waals surface area contributed by atoms with Crippen molar-refractivity contribution in [1.82, 2.24) is 20.4 Å². The highest BCUT2D eigenvalue weighted by atomic mass is 19.3. The molecule has 0 aromatic carbocycles. The molecule has 5 nitrogen and oxygen atoms in total. The zero-order chi connectivity index (χ0) is 14.9. The quantitative estimate of drug-likeness (QED) is 0.888. The first kappa shape index (κ1) is 14.9. The summed E-state index contributed by atoms with van der Waals surface area (Å²) in [6, 6.07) is 0. The van der Waals surface area contributed by atoms with Gasteiger partial charge in [0.15, 0.2) is 0 Å². The number of nitrogens with zero attached hydrogens (tertiary/aromatic N) is 2. The van der Waals surface area contributed by atoms with Crippen LogP contribution in [0.5, 0.6) is 0 Å². The molecule has 0 aliphatic carbocycles. The van der Waals surface area contributed by atoms with Crippen molar-refractivity contribution in [1.29, 1.82) is 0 Å². The molecule has 21 heavy (non-hydrogen) atoms. The maximum Gasteiger partial charge on any atom is 0.251 e. The van der Waals surface area contributed by atoms with Gasteiger partial charge in [-0.05, 0) is 38.4 Å². The first-order valence-electron chi connectivity index (χ1n) is 7.47. The Kier molecular flexibility index (Phi) is 4.24. The number of alkyl halides is 2. The van der Waals surface area contributed by atoms with Gasteiger partial charge in [-0.25, -0.2) is 8.78 Å². The van der Waals surface area contributed by atoms with Gasteiger partial charge in [-0.15, -0.1) is 0 Å². The second-order valence-corrected chi connectivity index (χ2v) is 6.09. The summed E-state index contributed by atoms with van der Waals surface area (Å²) in [5, 5.41) is 10.3. The SMILES string of the molecule is Cc1cn[nH]c1C1CN(CC(F)F)CC2(CCNCC2)O1. The lowest BCUT2D eigenvalue weighted by molar-refractivity contribution is -0.175. The van der Waals surface area contributed by atoms with Crippen molar-refractivity contribution in [2.45, 2.75) is 37.9 Å². The van der Waals surface area contributed by atoms with Gasteiger partial charge in [0.1, 0.15) is 6.10 Å². The lowest BCUT2D eigenvalue weighted by Crippen LogP contribution is -2.57. The first-order chi connectivity index (χ1) is 10.1. The number of hydrogen-bond donors (Lipinski definition) is 2. The van der Waals surface area contributed by atoms with E-state index in [0.717, 1.165) is 37.2 Å². The highest BCUT2D eigenvalue weighted by molar-refractivity contribution is 5.18. The molecule has 0 bridgehead atoms. The number of hydrogen-bond acceptors (Lipinski definition) is 4. The number of halogens is 2. The molecule has 1 spiro atoms. The van der Waals surface area contributed by atoms with E-state index in [1.54, 1.807) is 6.20 Å². The van der Waals surface area contributed by atoms with Crippen LogP contribution in [0.3, 0.4) is 0 Å². The van der Waals surface area contributed by atoms with Crippen molar-refractivity contribution in [3.8, 4) is 0 Å². The van der Waals surface area contributed by atoms with Crippen molar-refractivity contribution in [2.24, 2.45) is 0 Å². The molecule has 2 fully saturated rings. The number of nitrogens with one attached hydrogen (secondary N) is 2. The highest BCUT2D eigenvalue weighted by Crippen LogP contribution is 2.36. The Morgan fingerprint density at radius 1 is 1.48 bits per heavy atom. The molecule has 0 radical (unpaired) electrons. The van der Waals surface area contributed by atoms with E-state index in [1.807, 2.05) is 11.8 Å². The second kappa shape index (κ2) is 5.98. The fraction of sp³-hybridized carbons (Fsp3) is 0.786. The Hall–Kier alpha value is -1.05. The molecule has 3 heterocycles. The molecule has 2 aliphatic heterocycles. The van der Waals surface area contributed by atoms with Gasteiger partial charge in [-0.1, -0.05) is 0 Å². The third-order valence-corrected chi connectivity index (χ3v) is 4.43.